The lowest BCUT2D eigenvalue weighted by atomic mass is 10.0. The number of nitrogens with zero attached hydrogens (tertiary/aromatic N) is 5. The third-order valence-corrected chi connectivity index (χ3v) is 6.58. The van der Waals surface area contributed by atoms with Crippen molar-refractivity contribution in [1.82, 2.24) is 24.9 Å². The van der Waals surface area contributed by atoms with Crippen LogP contribution in [0.15, 0.2) is 128 Å². The second-order valence-corrected chi connectivity index (χ2v) is 9.06. The van der Waals surface area contributed by atoms with Crippen LogP contribution in [0.4, 0.5) is 0 Å². The Bertz CT molecular complexity index is 1870. The zero-order valence-corrected chi connectivity index (χ0v) is 20.4. The molecule has 0 fully saturated rings. The number of hydrogen-bond donors (Lipinski definition) is 0. The second kappa shape index (κ2) is 9.30. The number of aromatic nitrogens is 5. The summed E-state index contributed by atoms with van der Waals surface area (Å²) in [6, 6.07) is 38.6. The Morgan fingerprint density at radius 1 is 0.395 bits per heavy atom. The van der Waals surface area contributed by atoms with Gasteiger partial charge in [0.1, 0.15) is 0 Å². The monoisotopic (exact) mass is 489 g/mol. The van der Waals surface area contributed by atoms with Gasteiger partial charge in [0.05, 0.1) is 11.0 Å². The molecule has 3 heterocycles. The Morgan fingerprint density at radius 3 is 1.68 bits per heavy atom. The highest BCUT2D eigenvalue weighted by Crippen LogP contribution is 2.30. The zero-order chi connectivity index (χ0) is 25.3. The number of rotatable bonds is 4. The van der Waals surface area contributed by atoms with E-state index in [1.54, 1.807) is 0 Å². The van der Waals surface area contributed by atoms with Gasteiger partial charge in [0.15, 0.2) is 17.5 Å². The van der Waals surface area contributed by atoms with Gasteiger partial charge in [-0.25, -0.2) is 15.0 Å². The van der Waals surface area contributed by atoms with Crippen LogP contribution in [-0.4, -0.2) is 24.9 Å². The molecule has 180 valence electrons. The van der Waals surface area contributed by atoms with Crippen LogP contribution in [0, 0.1) is 0 Å². The van der Waals surface area contributed by atoms with E-state index in [0.29, 0.717) is 17.5 Å². The Balaban J connectivity index is 0.00000277. The molecule has 0 radical (unpaired) electrons. The highest BCUT2D eigenvalue weighted by molar-refractivity contribution is 6.03. The van der Waals surface area contributed by atoms with Crippen molar-refractivity contribution in [3.8, 4) is 45.3 Å². The number of fused-ring (bicyclic) bond motifs is 3. The SMILES string of the molecule is [HH].c1ccc(-c2nc(-c3ccccc3)nc(-c3cccc(-c4cnc5c(ccc6cccnc65)c4)c3)n2)cc1. The Kier molecular flexibility index (Phi) is 5.37. The largest absolute Gasteiger partial charge is 0.254 e. The smallest absolute Gasteiger partial charge is 0.164 e. The topological polar surface area (TPSA) is 64.5 Å². The van der Waals surface area contributed by atoms with Gasteiger partial charge in [0.25, 0.3) is 0 Å². The van der Waals surface area contributed by atoms with E-state index < -0.39 is 0 Å². The van der Waals surface area contributed by atoms with E-state index in [9.17, 15) is 0 Å². The van der Waals surface area contributed by atoms with Gasteiger partial charge < -0.3 is 0 Å². The van der Waals surface area contributed by atoms with Crippen LogP contribution in [0.1, 0.15) is 1.43 Å². The minimum absolute atomic E-state index is 0. The molecule has 5 nitrogen and oxygen atoms in total. The molecule has 7 rings (SSSR count). The van der Waals surface area contributed by atoms with Crippen molar-refractivity contribution in [2.24, 2.45) is 0 Å². The number of benzene rings is 4. The third-order valence-electron chi connectivity index (χ3n) is 6.58. The second-order valence-electron chi connectivity index (χ2n) is 9.06. The van der Waals surface area contributed by atoms with Crippen molar-refractivity contribution < 1.29 is 1.43 Å². The molecule has 0 amide bonds. The van der Waals surface area contributed by atoms with Crippen molar-refractivity contribution >= 4 is 21.8 Å². The summed E-state index contributed by atoms with van der Waals surface area (Å²) in [4.78, 5) is 23.9. The predicted octanol–water partition coefficient (Wildman–Crippen LogP) is 7.88. The van der Waals surface area contributed by atoms with Crippen molar-refractivity contribution in [2.45, 2.75) is 0 Å². The van der Waals surface area contributed by atoms with Crippen LogP contribution < -0.4 is 0 Å². The molecule has 5 heteroatoms. The average molecular weight is 490 g/mol. The van der Waals surface area contributed by atoms with Gasteiger partial charge >= 0.3 is 0 Å². The molecular formula is C33H23N5. The molecule has 0 N–H and O–H groups in total. The Labute approximate surface area is 221 Å². The van der Waals surface area contributed by atoms with Crippen molar-refractivity contribution in [2.75, 3.05) is 0 Å². The molecular weight excluding hydrogens is 466 g/mol. The zero-order valence-electron chi connectivity index (χ0n) is 20.4. The van der Waals surface area contributed by atoms with Gasteiger partial charge in [-0.2, -0.15) is 0 Å². The van der Waals surface area contributed by atoms with Crippen LogP contribution >= 0.6 is 0 Å². The molecule has 3 aromatic heterocycles. The lowest BCUT2D eigenvalue weighted by Crippen LogP contribution is -2.00. The van der Waals surface area contributed by atoms with Gasteiger partial charge in [-0.1, -0.05) is 97.1 Å². The maximum absolute atomic E-state index is 4.87. The quantitative estimate of drug-likeness (QED) is 0.235. The van der Waals surface area contributed by atoms with Gasteiger partial charge in [-0.15, -0.1) is 0 Å². The first-order valence-electron chi connectivity index (χ1n) is 12.4. The van der Waals surface area contributed by atoms with Crippen LogP contribution in [-0.2, 0) is 0 Å². The summed E-state index contributed by atoms with van der Waals surface area (Å²) < 4.78 is 0. The van der Waals surface area contributed by atoms with Crippen molar-refractivity contribution in [3.05, 3.63) is 128 Å². The fourth-order valence-corrected chi connectivity index (χ4v) is 4.67. The van der Waals surface area contributed by atoms with Crippen molar-refractivity contribution in [3.63, 3.8) is 0 Å². The highest BCUT2D eigenvalue weighted by Gasteiger charge is 2.13. The van der Waals surface area contributed by atoms with E-state index in [0.717, 1.165) is 49.6 Å². The third kappa shape index (κ3) is 4.06. The van der Waals surface area contributed by atoms with E-state index in [-0.39, 0.29) is 1.43 Å². The van der Waals surface area contributed by atoms with Crippen LogP contribution in [0.2, 0.25) is 0 Å². The van der Waals surface area contributed by atoms with E-state index in [1.807, 2.05) is 91.3 Å². The molecule has 0 saturated heterocycles. The standard InChI is InChI=1S/C33H21N5.H2/c1-3-9-23(10-4-1)31-36-32(24-11-5-2-6-12-24)38-33(37-31)27-14-7-13-25(19-27)28-20-26-17-16-22-15-8-18-34-29(22)30(26)35-21-28;/h1-21H;1H. The summed E-state index contributed by atoms with van der Waals surface area (Å²) in [5.74, 6) is 1.92. The normalized spacial score (nSPS) is 11.2. The molecule has 0 atom stereocenters. The van der Waals surface area contributed by atoms with E-state index >= 15 is 0 Å². The van der Waals surface area contributed by atoms with Gasteiger partial charge in [0, 0.05) is 46.8 Å². The van der Waals surface area contributed by atoms with Crippen molar-refractivity contribution in [1.29, 1.82) is 0 Å². The molecule has 0 aliphatic rings. The number of pyridine rings is 2. The lowest BCUT2D eigenvalue weighted by molar-refractivity contribution is 1.07. The summed E-state index contributed by atoms with van der Waals surface area (Å²) in [6.45, 7) is 0. The first-order valence-corrected chi connectivity index (χ1v) is 12.4. The number of hydrogen-bond acceptors (Lipinski definition) is 5. The minimum Gasteiger partial charge on any atom is -0.254 e. The maximum atomic E-state index is 4.87. The molecule has 0 aliphatic carbocycles. The molecule has 0 saturated carbocycles. The molecule has 0 spiro atoms. The first-order chi connectivity index (χ1) is 18.8. The lowest BCUT2D eigenvalue weighted by Gasteiger charge is -2.10. The maximum Gasteiger partial charge on any atom is 0.164 e. The van der Waals surface area contributed by atoms with Crippen LogP contribution in [0.25, 0.3) is 67.1 Å². The summed E-state index contributed by atoms with van der Waals surface area (Å²) >= 11 is 0. The van der Waals surface area contributed by atoms with E-state index in [4.69, 9.17) is 19.9 Å². The summed E-state index contributed by atoms with van der Waals surface area (Å²) in [5, 5.41) is 2.14. The van der Waals surface area contributed by atoms with Crippen LogP contribution in [0.3, 0.4) is 0 Å². The van der Waals surface area contributed by atoms with E-state index in [2.05, 4.69) is 41.4 Å². The fourth-order valence-electron chi connectivity index (χ4n) is 4.67. The molecule has 7 aromatic rings. The molecule has 0 bridgehead atoms. The molecule has 0 unspecified atom stereocenters. The minimum atomic E-state index is 0. The fraction of sp³-hybridized carbons (Fsp3) is 0. The highest BCUT2D eigenvalue weighted by atomic mass is 15.0. The molecule has 0 aliphatic heterocycles. The van der Waals surface area contributed by atoms with Gasteiger partial charge in [-0.3, -0.25) is 9.97 Å². The average Bonchev–Trinajstić information content (AvgIpc) is 3.01. The summed E-state index contributed by atoms with van der Waals surface area (Å²) in [7, 11) is 0. The van der Waals surface area contributed by atoms with Gasteiger partial charge in [0.2, 0.25) is 0 Å². The summed E-state index contributed by atoms with van der Waals surface area (Å²) in [5.41, 5.74) is 6.70. The Hall–Kier alpha value is -5.29. The summed E-state index contributed by atoms with van der Waals surface area (Å²) in [6.07, 6.45) is 3.72. The first kappa shape index (κ1) is 21.9. The van der Waals surface area contributed by atoms with E-state index in [1.165, 1.54) is 0 Å². The predicted molar refractivity (Wildman–Crippen MR) is 154 cm³/mol. The van der Waals surface area contributed by atoms with Gasteiger partial charge in [-0.05, 0) is 23.8 Å². The van der Waals surface area contributed by atoms with Crippen LogP contribution in [0.5, 0.6) is 0 Å². The Morgan fingerprint density at radius 2 is 0.974 bits per heavy atom. The molecule has 4 aromatic carbocycles. The molecule has 38 heavy (non-hydrogen) atoms.